The number of ether oxygens (including phenoxy) is 1. The third-order valence-electron chi connectivity index (χ3n) is 5.03. The molecule has 2 saturated heterocycles. The number of anilines is 1. The predicted molar refractivity (Wildman–Crippen MR) is 108 cm³/mol. The quantitative estimate of drug-likeness (QED) is 0.449. The van der Waals surface area contributed by atoms with Gasteiger partial charge in [0.05, 0.1) is 10.6 Å². The second-order valence-electron chi connectivity index (χ2n) is 7.15. The molecule has 2 fully saturated rings. The third-order valence-corrected chi connectivity index (χ3v) is 6.22. The predicted octanol–water partition coefficient (Wildman–Crippen LogP) is 3.82. The van der Waals surface area contributed by atoms with Crippen molar-refractivity contribution in [3.63, 3.8) is 0 Å². The van der Waals surface area contributed by atoms with Gasteiger partial charge >= 0.3 is 0 Å². The minimum Gasteiger partial charge on any atom is -0.483 e. The maximum atomic E-state index is 11.5. The van der Waals surface area contributed by atoms with Gasteiger partial charge in [-0.15, -0.1) is 11.8 Å². The summed E-state index contributed by atoms with van der Waals surface area (Å²) in [5.41, 5.74) is 1.83. The molecule has 1 aliphatic carbocycles. The van der Waals surface area contributed by atoms with Gasteiger partial charge in [-0.25, -0.2) is 0 Å². The van der Waals surface area contributed by atoms with Gasteiger partial charge in [-0.3, -0.25) is 4.79 Å². The summed E-state index contributed by atoms with van der Waals surface area (Å²) in [5.74, 6) is 1.96. The van der Waals surface area contributed by atoms with Crippen LogP contribution in [0.1, 0.15) is 36.0 Å². The van der Waals surface area contributed by atoms with Crippen LogP contribution in [-0.4, -0.2) is 43.8 Å². The molecule has 1 aromatic rings. The Morgan fingerprint density at radius 2 is 2.08 bits per heavy atom. The Morgan fingerprint density at radius 1 is 1.23 bits per heavy atom. The fraction of sp³-hybridized carbons (Fsp3) is 0.476. The first-order valence-electron chi connectivity index (χ1n) is 9.58. The van der Waals surface area contributed by atoms with Crippen LogP contribution in [0.25, 0.3) is 0 Å². The average Bonchev–Trinajstić information content (AvgIpc) is 3.53. The van der Waals surface area contributed by atoms with Crippen molar-refractivity contribution in [3.05, 3.63) is 42.0 Å². The number of nitrogens with one attached hydrogen (secondary N) is 1. The molecule has 5 heteroatoms. The number of carbonyl (C=O) groups is 1. The summed E-state index contributed by atoms with van der Waals surface area (Å²) < 4.78 is 6.49. The summed E-state index contributed by atoms with van der Waals surface area (Å²) >= 11 is 1.80. The van der Waals surface area contributed by atoms with Gasteiger partial charge in [0, 0.05) is 43.4 Å². The molecule has 4 rings (SSSR count). The van der Waals surface area contributed by atoms with E-state index in [2.05, 4.69) is 34.5 Å². The molecular weight excluding hydrogens is 344 g/mol. The van der Waals surface area contributed by atoms with Crippen molar-refractivity contribution in [2.75, 3.05) is 30.3 Å². The Labute approximate surface area is 159 Å². The van der Waals surface area contributed by atoms with Crippen LogP contribution in [0.4, 0.5) is 5.69 Å². The Morgan fingerprint density at radius 3 is 2.77 bits per heavy atom. The lowest BCUT2D eigenvalue weighted by atomic mass is 10.1. The van der Waals surface area contributed by atoms with Crippen molar-refractivity contribution >= 4 is 23.7 Å². The number of carbonyl (C=O) groups excluding carboxylic acids is 1. The first-order chi connectivity index (χ1) is 12.8. The highest BCUT2D eigenvalue weighted by molar-refractivity contribution is 7.99. The van der Waals surface area contributed by atoms with Crippen LogP contribution in [0.3, 0.4) is 0 Å². The molecule has 0 aromatic heterocycles. The molecule has 1 N–H and O–H groups in total. The lowest BCUT2D eigenvalue weighted by Gasteiger charge is -2.32. The Bertz CT molecular complexity index is 706. The van der Waals surface area contributed by atoms with E-state index in [1.807, 2.05) is 12.1 Å². The van der Waals surface area contributed by atoms with Crippen LogP contribution in [0.15, 0.2) is 41.3 Å². The second kappa shape index (κ2) is 8.31. The third kappa shape index (κ3) is 4.33. The fourth-order valence-electron chi connectivity index (χ4n) is 3.46. The summed E-state index contributed by atoms with van der Waals surface area (Å²) in [6.45, 7) is 3.16. The largest absolute Gasteiger partial charge is 0.483 e. The van der Waals surface area contributed by atoms with E-state index in [0.717, 1.165) is 60.0 Å². The van der Waals surface area contributed by atoms with Gasteiger partial charge in [0.25, 0.3) is 0 Å². The summed E-state index contributed by atoms with van der Waals surface area (Å²) in [6, 6.07) is 4.59. The zero-order valence-electron chi connectivity index (χ0n) is 15.0. The maximum absolute atomic E-state index is 11.5. The number of aldehydes is 1. The van der Waals surface area contributed by atoms with E-state index < -0.39 is 0 Å². The number of piperidine rings is 1. The average molecular weight is 371 g/mol. The molecule has 138 valence electrons. The lowest BCUT2D eigenvalue weighted by molar-refractivity contribution is 0.112. The van der Waals surface area contributed by atoms with Gasteiger partial charge in [-0.1, -0.05) is 18.2 Å². The van der Waals surface area contributed by atoms with Crippen molar-refractivity contribution in [2.45, 2.75) is 42.7 Å². The number of hydrogen-bond donors (Lipinski definition) is 1. The van der Waals surface area contributed by atoms with Gasteiger partial charge in [-0.05, 0) is 37.5 Å². The Balaban J connectivity index is 1.67. The molecule has 4 nitrogen and oxygen atoms in total. The second-order valence-corrected chi connectivity index (χ2v) is 8.22. The zero-order chi connectivity index (χ0) is 17.8. The first-order valence-corrected chi connectivity index (χ1v) is 10.6. The molecule has 2 atom stereocenters. The van der Waals surface area contributed by atoms with Crippen molar-refractivity contribution in [3.8, 4) is 5.75 Å². The maximum Gasteiger partial charge on any atom is 0.157 e. The van der Waals surface area contributed by atoms with Gasteiger partial charge in [-0.2, -0.15) is 0 Å². The minimum absolute atomic E-state index is 0.0593. The minimum atomic E-state index is 0.0593. The zero-order valence-corrected chi connectivity index (χ0v) is 15.8. The van der Waals surface area contributed by atoms with Crippen LogP contribution >= 0.6 is 11.8 Å². The molecule has 0 bridgehead atoms. The van der Waals surface area contributed by atoms with Crippen LogP contribution in [0.5, 0.6) is 5.75 Å². The van der Waals surface area contributed by atoms with Gasteiger partial charge < -0.3 is 15.0 Å². The topological polar surface area (TPSA) is 51.5 Å². The summed E-state index contributed by atoms with van der Waals surface area (Å²) in [7, 11) is 0. The van der Waals surface area contributed by atoms with Crippen molar-refractivity contribution < 1.29 is 9.53 Å². The molecule has 0 amide bonds. The fourth-order valence-corrected chi connectivity index (χ4v) is 4.58. The van der Waals surface area contributed by atoms with E-state index in [1.54, 1.807) is 11.8 Å². The monoisotopic (exact) mass is 370 g/mol. The van der Waals surface area contributed by atoms with E-state index >= 15 is 0 Å². The van der Waals surface area contributed by atoms with Crippen molar-refractivity contribution in [2.24, 2.45) is 0 Å². The van der Waals surface area contributed by atoms with Crippen molar-refractivity contribution in [1.29, 1.82) is 0 Å². The Hall–Kier alpha value is -1.72. The van der Waals surface area contributed by atoms with Gasteiger partial charge in [0.1, 0.15) is 12.4 Å². The number of rotatable bonds is 7. The highest BCUT2D eigenvalue weighted by atomic mass is 32.2. The van der Waals surface area contributed by atoms with Gasteiger partial charge in [0.15, 0.2) is 5.75 Å². The SMILES string of the molecule is O=Cc1cc(SCC2CN2)c(OC2C=CC=CC2)c(N2CCCCC2)c1. The molecule has 2 unspecified atom stereocenters. The smallest absolute Gasteiger partial charge is 0.157 e. The standard InChI is InChI=1S/C21H26N2O2S/c24-14-16-11-19(23-9-5-2-6-10-23)21(25-18-7-3-1-4-8-18)20(12-16)26-15-17-13-22-17/h1,3-4,7,11-12,14,17-18,22H,2,5-6,8-10,13,15H2. The van der Waals surface area contributed by atoms with E-state index in [9.17, 15) is 4.79 Å². The van der Waals surface area contributed by atoms with E-state index in [0.29, 0.717) is 6.04 Å². The van der Waals surface area contributed by atoms with Crippen LogP contribution < -0.4 is 15.0 Å². The van der Waals surface area contributed by atoms with E-state index in [-0.39, 0.29) is 6.10 Å². The van der Waals surface area contributed by atoms with E-state index in [4.69, 9.17) is 4.74 Å². The molecule has 0 spiro atoms. The highest BCUT2D eigenvalue weighted by Crippen LogP contribution is 2.42. The molecule has 2 heterocycles. The lowest BCUT2D eigenvalue weighted by Crippen LogP contribution is -2.30. The molecule has 26 heavy (non-hydrogen) atoms. The van der Waals surface area contributed by atoms with Crippen LogP contribution in [0.2, 0.25) is 0 Å². The number of allylic oxidation sites excluding steroid dienone is 2. The molecule has 0 radical (unpaired) electrons. The molecular formula is C21H26N2O2S. The van der Waals surface area contributed by atoms with Crippen LogP contribution in [-0.2, 0) is 0 Å². The highest BCUT2D eigenvalue weighted by Gasteiger charge is 2.25. The van der Waals surface area contributed by atoms with Crippen LogP contribution in [0, 0.1) is 0 Å². The number of thioether (sulfide) groups is 1. The molecule has 2 aliphatic heterocycles. The Kier molecular flexibility index (Phi) is 5.65. The normalized spacial score (nSPS) is 24.5. The molecule has 3 aliphatic rings. The summed E-state index contributed by atoms with van der Waals surface area (Å²) in [4.78, 5) is 15.0. The van der Waals surface area contributed by atoms with E-state index in [1.165, 1.54) is 19.3 Å². The first kappa shape index (κ1) is 17.7. The number of benzene rings is 1. The summed E-state index contributed by atoms with van der Waals surface area (Å²) in [6.07, 6.45) is 14.0. The number of nitrogens with zero attached hydrogens (tertiary/aromatic N) is 1. The molecule has 1 aromatic carbocycles. The van der Waals surface area contributed by atoms with Gasteiger partial charge in [0.2, 0.25) is 0 Å². The number of hydrogen-bond acceptors (Lipinski definition) is 5. The summed E-state index contributed by atoms with van der Waals surface area (Å²) in [5, 5.41) is 3.35. The molecule has 0 saturated carbocycles. The van der Waals surface area contributed by atoms with Crippen molar-refractivity contribution in [1.82, 2.24) is 5.32 Å².